The molecule has 0 spiro atoms. The Morgan fingerprint density at radius 3 is 2.00 bits per heavy atom. The van der Waals surface area contributed by atoms with Crippen molar-refractivity contribution >= 4 is 0 Å². The van der Waals surface area contributed by atoms with Gasteiger partial charge in [-0.15, -0.1) is 0 Å². The smallest absolute Gasteiger partial charge is 0.0598 e. The third-order valence-electron chi connectivity index (χ3n) is 3.45. The lowest BCUT2D eigenvalue weighted by atomic mass is 9.73. The lowest BCUT2D eigenvalue weighted by Gasteiger charge is -2.48. The van der Waals surface area contributed by atoms with Crippen LogP contribution in [-0.2, 0) is 4.74 Å². The molecule has 0 saturated carbocycles. The molecule has 0 bridgehead atoms. The summed E-state index contributed by atoms with van der Waals surface area (Å²) in [5, 5.41) is 3.71. The molecule has 0 aromatic carbocycles. The van der Waals surface area contributed by atoms with E-state index in [1.165, 1.54) is 12.8 Å². The molecule has 1 atom stereocenters. The molecular formula is C13H27NO. The molecule has 0 aromatic heterocycles. The molecule has 0 aliphatic carbocycles. The molecule has 1 unspecified atom stereocenters. The third-order valence-corrected chi connectivity index (χ3v) is 3.45. The van der Waals surface area contributed by atoms with E-state index in [4.69, 9.17) is 4.74 Å². The topological polar surface area (TPSA) is 21.3 Å². The lowest BCUT2D eigenvalue weighted by Crippen LogP contribution is -2.59. The Hall–Kier alpha value is -0.0800. The second kappa shape index (κ2) is 4.42. The van der Waals surface area contributed by atoms with Gasteiger partial charge in [-0.25, -0.2) is 0 Å². The highest BCUT2D eigenvalue weighted by atomic mass is 16.5. The molecule has 1 rings (SSSR count). The van der Waals surface area contributed by atoms with Crippen LogP contribution in [0.5, 0.6) is 0 Å². The Kier molecular flexibility index (Phi) is 3.83. The maximum Gasteiger partial charge on any atom is 0.0598 e. The first-order valence-electron chi connectivity index (χ1n) is 6.12. The number of rotatable bonds is 3. The molecule has 1 aliphatic rings. The van der Waals surface area contributed by atoms with Gasteiger partial charge in [-0.2, -0.15) is 0 Å². The molecule has 0 amide bonds. The first-order chi connectivity index (χ1) is 6.79. The second-order valence-electron chi connectivity index (χ2n) is 6.24. The van der Waals surface area contributed by atoms with Gasteiger partial charge in [0.2, 0.25) is 0 Å². The molecule has 0 aromatic rings. The van der Waals surface area contributed by atoms with E-state index in [-0.39, 0.29) is 11.1 Å². The van der Waals surface area contributed by atoms with Crippen LogP contribution < -0.4 is 5.32 Å². The van der Waals surface area contributed by atoms with Gasteiger partial charge in [0.15, 0.2) is 0 Å². The van der Waals surface area contributed by atoms with E-state index in [1.54, 1.807) is 0 Å². The summed E-state index contributed by atoms with van der Waals surface area (Å²) in [6.45, 7) is 11.4. The van der Waals surface area contributed by atoms with Gasteiger partial charge >= 0.3 is 0 Å². The minimum absolute atomic E-state index is 0.234. The van der Waals surface area contributed by atoms with Crippen molar-refractivity contribution in [1.29, 1.82) is 0 Å². The highest BCUT2D eigenvalue weighted by Gasteiger charge is 2.40. The van der Waals surface area contributed by atoms with Gasteiger partial charge in [0.1, 0.15) is 0 Å². The van der Waals surface area contributed by atoms with E-state index in [2.05, 4.69) is 39.9 Å². The minimum atomic E-state index is 0.234. The van der Waals surface area contributed by atoms with Crippen molar-refractivity contribution in [3.63, 3.8) is 0 Å². The summed E-state index contributed by atoms with van der Waals surface area (Å²) in [4.78, 5) is 0. The number of hydrogen-bond acceptors (Lipinski definition) is 2. The summed E-state index contributed by atoms with van der Waals surface area (Å²) in [7, 11) is 1.84. The Labute approximate surface area is 94.8 Å². The Morgan fingerprint density at radius 1 is 1.20 bits per heavy atom. The van der Waals surface area contributed by atoms with Gasteiger partial charge in [0.25, 0.3) is 0 Å². The molecule has 2 nitrogen and oxygen atoms in total. The predicted octanol–water partition coefficient (Wildman–Crippen LogP) is 2.97. The van der Waals surface area contributed by atoms with Crippen LogP contribution in [0.3, 0.4) is 0 Å². The van der Waals surface area contributed by atoms with E-state index in [0.717, 1.165) is 6.42 Å². The van der Waals surface area contributed by atoms with E-state index < -0.39 is 0 Å². The second-order valence-corrected chi connectivity index (χ2v) is 6.24. The van der Waals surface area contributed by atoms with Crippen molar-refractivity contribution in [3.05, 3.63) is 0 Å². The number of hydrogen-bond donors (Lipinski definition) is 1. The highest BCUT2D eigenvalue weighted by Crippen LogP contribution is 2.36. The predicted molar refractivity (Wildman–Crippen MR) is 65.1 cm³/mol. The fourth-order valence-corrected chi connectivity index (χ4v) is 3.36. The monoisotopic (exact) mass is 213 g/mol. The van der Waals surface area contributed by atoms with Crippen molar-refractivity contribution < 1.29 is 4.74 Å². The van der Waals surface area contributed by atoms with Gasteiger partial charge in [-0.1, -0.05) is 6.92 Å². The number of ether oxygens (including phenoxy) is 1. The molecule has 1 N–H and O–H groups in total. The third kappa shape index (κ3) is 3.46. The fraction of sp³-hybridized carbons (Fsp3) is 1.00. The van der Waals surface area contributed by atoms with Crippen LogP contribution in [0.2, 0.25) is 0 Å². The van der Waals surface area contributed by atoms with Crippen LogP contribution in [0, 0.1) is 5.92 Å². The largest absolute Gasteiger partial charge is 0.381 e. The van der Waals surface area contributed by atoms with E-state index in [1.807, 2.05) is 7.11 Å². The standard InChI is InChI=1S/C13H27NO/c1-7-11(15-6)10-8-12(2,3)14-13(4,5)9-10/h10-11,14H,7-9H2,1-6H3. The van der Waals surface area contributed by atoms with Crippen LogP contribution >= 0.6 is 0 Å². The zero-order valence-corrected chi connectivity index (χ0v) is 11.2. The molecule has 2 heteroatoms. The molecule has 15 heavy (non-hydrogen) atoms. The number of nitrogens with one attached hydrogen (secondary N) is 1. The summed E-state index contributed by atoms with van der Waals surface area (Å²) in [6.07, 6.45) is 3.96. The lowest BCUT2D eigenvalue weighted by molar-refractivity contribution is -0.00363. The summed E-state index contributed by atoms with van der Waals surface area (Å²) in [5.41, 5.74) is 0.469. The van der Waals surface area contributed by atoms with E-state index >= 15 is 0 Å². The fourth-order valence-electron chi connectivity index (χ4n) is 3.36. The molecular weight excluding hydrogens is 186 g/mol. The zero-order valence-electron chi connectivity index (χ0n) is 11.2. The van der Waals surface area contributed by atoms with Crippen molar-refractivity contribution in [3.8, 4) is 0 Å². The Balaban J connectivity index is 2.74. The van der Waals surface area contributed by atoms with Gasteiger partial charge in [-0.05, 0) is 52.9 Å². The average molecular weight is 213 g/mol. The first-order valence-corrected chi connectivity index (χ1v) is 6.12. The van der Waals surface area contributed by atoms with E-state index in [9.17, 15) is 0 Å². The SMILES string of the molecule is CCC(OC)C1CC(C)(C)NC(C)(C)C1. The molecule has 90 valence electrons. The van der Waals surface area contributed by atoms with Crippen LogP contribution in [-0.4, -0.2) is 24.3 Å². The summed E-state index contributed by atoms with van der Waals surface area (Å²) in [5.74, 6) is 0.686. The molecule has 1 heterocycles. The number of methoxy groups -OCH3 is 1. The van der Waals surface area contributed by atoms with Crippen LogP contribution in [0.1, 0.15) is 53.9 Å². The minimum Gasteiger partial charge on any atom is -0.381 e. The average Bonchev–Trinajstić information content (AvgIpc) is 2.00. The molecule has 1 aliphatic heterocycles. The maximum absolute atomic E-state index is 5.60. The number of piperidine rings is 1. The Bertz CT molecular complexity index is 191. The summed E-state index contributed by atoms with van der Waals surface area (Å²) < 4.78 is 5.60. The Morgan fingerprint density at radius 2 is 1.67 bits per heavy atom. The molecule has 0 radical (unpaired) electrons. The van der Waals surface area contributed by atoms with Gasteiger partial charge < -0.3 is 10.1 Å². The van der Waals surface area contributed by atoms with Crippen LogP contribution in [0.15, 0.2) is 0 Å². The normalized spacial score (nSPS) is 27.6. The summed E-state index contributed by atoms with van der Waals surface area (Å²) in [6, 6.07) is 0. The zero-order chi connectivity index (χ0) is 11.7. The van der Waals surface area contributed by atoms with Crippen molar-refractivity contribution in [2.75, 3.05) is 7.11 Å². The van der Waals surface area contributed by atoms with Crippen molar-refractivity contribution in [1.82, 2.24) is 5.32 Å². The summed E-state index contributed by atoms with van der Waals surface area (Å²) >= 11 is 0. The molecule has 1 saturated heterocycles. The van der Waals surface area contributed by atoms with Crippen LogP contribution in [0.4, 0.5) is 0 Å². The van der Waals surface area contributed by atoms with Crippen molar-refractivity contribution in [2.24, 2.45) is 5.92 Å². The highest BCUT2D eigenvalue weighted by molar-refractivity contribution is 4.98. The van der Waals surface area contributed by atoms with Gasteiger partial charge in [0.05, 0.1) is 6.10 Å². The van der Waals surface area contributed by atoms with Gasteiger partial charge in [0, 0.05) is 18.2 Å². The van der Waals surface area contributed by atoms with Crippen LogP contribution in [0.25, 0.3) is 0 Å². The van der Waals surface area contributed by atoms with E-state index in [0.29, 0.717) is 12.0 Å². The van der Waals surface area contributed by atoms with Crippen molar-refractivity contribution in [2.45, 2.75) is 71.1 Å². The maximum atomic E-state index is 5.60. The first kappa shape index (κ1) is 13.0. The molecule has 1 fully saturated rings. The quantitative estimate of drug-likeness (QED) is 0.778. The van der Waals surface area contributed by atoms with Gasteiger partial charge in [-0.3, -0.25) is 0 Å².